The maximum Gasteiger partial charge on any atom is 0.137 e. The first-order valence-corrected chi connectivity index (χ1v) is 6.54. The smallest absolute Gasteiger partial charge is 0.105 e. The summed E-state index contributed by atoms with van der Waals surface area (Å²) in [4.78, 5) is 0. The maximum absolute atomic E-state index is 11.9. The molecule has 70 valence electrons. The highest BCUT2D eigenvalue weighted by atomic mass is 32.2. The van der Waals surface area contributed by atoms with Crippen LogP contribution >= 0.6 is 0 Å². The molecule has 0 heterocycles. The lowest BCUT2D eigenvalue weighted by Crippen LogP contribution is -2.14. The third-order valence-corrected chi connectivity index (χ3v) is 3.67. The molecule has 1 nitrogen and oxygen atoms in total. The van der Waals surface area contributed by atoms with Crippen LogP contribution in [0.25, 0.3) is 0 Å². The molecule has 2 heteroatoms. The van der Waals surface area contributed by atoms with Gasteiger partial charge in [0.05, 0.1) is 9.93 Å². The second-order valence-corrected chi connectivity index (χ2v) is 6.26. The van der Waals surface area contributed by atoms with Crippen molar-refractivity contribution in [3.8, 4) is 0 Å². The molecule has 1 atom stereocenters. The molecular formula is C11H15OS+. The Hall–Kier alpha value is -0.890. The minimum Gasteiger partial charge on any atom is -0.105 e. The maximum atomic E-state index is 11.9. The van der Waals surface area contributed by atoms with Crippen molar-refractivity contribution in [3.05, 3.63) is 48.6 Å². The third-order valence-electron chi connectivity index (χ3n) is 1.79. The standard InChI is InChI=1S/C11H15OS/c1-3-9-13(2,12)10-11-7-5-4-6-8-11/h3-8H,1,9-10H2,2H3/q+1. The fourth-order valence-electron chi connectivity index (χ4n) is 1.24. The van der Waals surface area contributed by atoms with E-state index in [-0.39, 0.29) is 0 Å². The monoisotopic (exact) mass is 195 g/mol. The van der Waals surface area contributed by atoms with Crippen molar-refractivity contribution in [3.63, 3.8) is 0 Å². The fraction of sp³-hybridized carbons (Fsp3) is 0.273. The van der Waals surface area contributed by atoms with Crippen molar-refractivity contribution in [1.82, 2.24) is 0 Å². The molecule has 0 saturated carbocycles. The van der Waals surface area contributed by atoms with Crippen molar-refractivity contribution in [1.29, 1.82) is 0 Å². The summed E-state index contributed by atoms with van der Waals surface area (Å²) in [5, 5.41) is 0. The van der Waals surface area contributed by atoms with Crippen LogP contribution in [0.3, 0.4) is 0 Å². The lowest BCUT2D eigenvalue weighted by atomic mass is 10.2. The van der Waals surface area contributed by atoms with Crippen LogP contribution in [0.2, 0.25) is 0 Å². The summed E-state index contributed by atoms with van der Waals surface area (Å²) in [7, 11) is -1.75. The second kappa shape index (κ2) is 4.38. The molecule has 1 rings (SSSR count). The van der Waals surface area contributed by atoms with Crippen LogP contribution < -0.4 is 0 Å². The molecule has 1 aromatic carbocycles. The molecule has 13 heavy (non-hydrogen) atoms. The Morgan fingerprint density at radius 1 is 1.38 bits per heavy atom. The van der Waals surface area contributed by atoms with Crippen molar-refractivity contribution < 1.29 is 4.21 Å². The Bertz CT molecular complexity index is 316. The lowest BCUT2D eigenvalue weighted by Gasteiger charge is -2.04. The highest BCUT2D eigenvalue weighted by Crippen LogP contribution is 2.11. The first-order valence-electron chi connectivity index (χ1n) is 4.23. The summed E-state index contributed by atoms with van der Waals surface area (Å²) in [5.74, 6) is 1.25. The summed E-state index contributed by atoms with van der Waals surface area (Å²) in [5.41, 5.74) is 1.14. The summed E-state index contributed by atoms with van der Waals surface area (Å²) in [6.07, 6.45) is 3.53. The van der Waals surface area contributed by atoms with E-state index >= 15 is 0 Å². The second-order valence-electron chi connectivity index (χ2n) is 3.27. The molecular weight excluding hydrogens is 180 g/mol. The predicted octanol–water partition coefficient (Wildman–Crippen LogP) is 2.50. The molecule has 0 fully saturated rings. The highest BCUT2D eigenvalue weighted by Gasteiger charge is 2.18. The SMILES string of the molecule is C=CC[S+](C)(=O)Cc1ccccc1. The van der Waals surface area contributed by atoms with E-state index in [9.17, 15) is 4.21 Å². The van der Waals surface area contributed by atoms with Gasteiger partial charge in [0.15, 0.2) is 0 Å². The third kappa shape index (κ3) is 3.55. The molecule has 0 amide bonds. The van der Waals surface area contributed by atoms with E-state index in [1.165, 1.54) is 0 Å². The average Bonchev–Trinajstić information content (AvgIpc) is 2.04. The molecule has 0 bridgehead atoms. The first-order chi connectivity index (χ1) is 6.14. The number of benzene rings is 1. The molecule has 0 N–H and O–H groups in total. The fourth-order valence-corrected chi connectivity index (χ4v) is 2.75. The van der Waals surface area contributed by atoms with Gasteiger partial charge in [-0.2, -0.15) is 0 Å². The first kappa shape index (κ1) is 10.2. The molecule has 1 aromatic rings. The van der Waals surface area contributed by atoms with E-state index < -0.39 is 9.93 Å². The predicted molar refractivity (Wildman–Crippen MR) is 59.2 cm³/mol. The zero-order chi connectivity index (χ0) is 9.73. The Morgan fingerprint density at radius 2 is 2.00 bits per heavy atom. The van der Waals surface area contributed by atoms with E-state index in [4.69, 9.17) is 0 Å². The van der Waals surface area contributed by atoms with E-state index in [2.05, 4.69) is 6.58 Å². The molecule has 0 aliphatic heterocycles. The van der Waals surface area contributed by atoms with Crippen LogP contribution in [0, 0.1) is 0 Å². The molecule has 0 spiro atoms. The van der Waals surface area contributed by atoms with Gasteiger partial charge in [-0.25, -0.2) is 0 Å². The summed E-state index contributed by atoms with van der Waals surface area (Å²) < 4.78 is 11.9. The van der Waals surface area contributed by atoms with Crippen molar-refractivity contribution >= 4 is 9.93 Å². The van der Waals surface area contributed by atoms with Gasteiger partial charge in [-0.15, -0.1) is 4.21 Å². The van der Waals surface area contributed by atoms with Gasteiger partial charge in [-0.1, -0.05) is 36.9 Å². The van der Waals surface area contributed by atoms with Crippen LogP contribution in [0.4, 0.5) is 0 Å². The van der Waals surface area contributed by atoms with Crippen LogP contribution in [0.5, 0.6) is 0 Å². The normalized spacial score (nSPS) is 14.8. The Labute approximate surface area is 80.9 Å². The number of hydrogen-bond acceptors (Lipinski definition) is 1. The molecule has 0 aliphatic carbocycles. The molecule has 1 unspecified atom stereocenters. The molecule has 0 radical (unpaired) electrons. The van der Waals surface area contributed by atoms with Gasteiger partial charge in [0.1, 0.15) is 17.8 Å². The minimum atomic E-state index is -1.75. The molecule has 0 aliphatic rings. The van der Waals surface area contributed by atoms with Crippen molar-refractivity contribution in [2.24, 2.45) is 0 Å². The summed E-state index contributed by atoms with van der Waals surface area (Å²) >= 11 is 0. The van der Waals surface area contributed by atoms with Gasteiger partial charge in [0.2, 0.25) is 0 Å². The van der Waals surface area contributed by atoms with E-state index in [0.29, 0.717) is 11.5 Å². The van der Waals surface area contributed by atoms with Gasteiger partial charge < -0.3 is 0 Å². The Kier molecular flexibility index (Phi) is 3.43. The van der Waals surface area contributed by atoms with E-state index in [1.807, 2.05) is 36.6 Å². The van der Waals surface area contributed by atoms with Crippen molar-refractivity contribution in [2.75, 3.05) is 12.0 Å². The topological polar surface area (TPSA) is 17.1 Å². The Balaban J connectivity index is 2.69. The van der Waals surface area contributed by atoms with E-state index in [0.717, 1.165) is 5.56 Å². The quantitative estimate of drug-likeness (QED) is 0.533. The van der Waals surface area contributed by atoms with Crippen LogP contribution in [0.1, 0.15) is 5.56 Å². The van der Waals surface area contributed by atoms with Gasteiger partial charge in [-0.05, 0) is 6.08 Å². The van der Waals surface area contributed by atoms with Gasteiger partial charge in [-0.3, -0.25) is 0 Å². The van der Waals surface area contributed by atoms with E-state index in [1.54, 1.807) is 6.08 Å². The van der Waals surface area contributed by atoms with Crippen LogP contribution in [-0.4, -0.2) is 12.0 Å². The summed E-state index contributed by atoms with van der Waals surface area (Å²) in [6, 6.07) is 9.92. The van der Waals surface area contributed by atoms with Crippen LogP contribution in [-0.2, 0) is 19.9 Å². The molecule has 0 aromatic heterocycles. The Morgan fingerprint density at radius 3 is 2.54 bits per heavy atom. The summed E-state index contributed by atoms with van der Waals surface area (Å²) in [6.45, 7) is 3.61. The molecule has 0 saturated heterocycles. The zero-order valence-corrected chi connectivity index (χ0v) is 8.72. The minimum absolute atomic E-state index is 0.599. The lowest BCUT2D eigenvalue weighted by molar-refractivity contribution is 0.589. The average molecular weight is 195 g/mol. The largest absolute Gasteiger partial charge is 0.137 e. The van der Waals surface area contributed by atoms with Gasteiger partial charge >= 0.3 is 0 Å². The number of rotatable bonds is 4. The van der Waals surface area contributed by atoms with Gasteiger partial charge in [0.25, 0.3) is 0 Å². The zero-order valence-electron chi connectivity index (χ0n) is 7.90. The number of hydrogen-bond donors (Lipinski definition) is 0. The highest BCUT2D eigenvalue weighted by molar-refractivity contribution is 8.01. The van der Waals surface area contributed by atoms with Gasteiger partial charge in [0, 0.05) is 5.56 Å². The van der Waals surface area contributed by atoms with Crippen molar-refractivity contribution in [2.45, 2.75) is 5.75 Å². The van der Waals surface area contributed by atoms with Crippen LogP contribution in [0.15, 0.2) is 43.0 Å².